The number of allylic oxidation sites excluding steroid dienone is 3. The summed E-state index contributed by atoms with van der Waals surface area (Å²) in [6.07, 6.45) is 10.4. The molecule has 2 aromatic carbocycles. The third-order valence-corrected chi connectivity index (χ3v) is 6.56. The van der Waals surface area contributed by atoms with Crippen LogP contribution in [0.1, 0.15) is 54.6 Å². The third kappa shape index (κ3) is 5.56. The Morgan fingerprint density at radius 3 is 2.78 bits per heavy atom. The van der Waals surface area contributed by atoms with Gasteiger partial charge in [-0.1, -0.05) is 38.6 Å². The van der Waals surface area contributed by atoms with E-state index in [0.717, 1.165) is 71.5 Å². The number of rotatable bonds is 11. The van der Waals surface area contributed by atoms with Crippen molar-refractivity contribution in [3.63, 3.8) is 0 Å². The van der Waals surface area contributed by atoms with Crippen molar-refractivity contribution in [3.05, 3.63) is 96.0 Å². The number of aryl methyl sites for hydroxylation is 2. The fourth-order valence-corrected chi connectivity index (χ4v) is 4.88. The van der Waals surface area contributed by atoms with Gasteiger partial charge in [-0.25, -0.2) is 0 Å². The Balaban J connectivity index is 1.47. The van der Waals surface area contributed by atoms with Gasteiger partial charge in [0.1, 0.15) is 28.6 Å². The summed E-state index contributed by atoms with van der Waals surface area (Å²) in [5.41, 5.74) is 4.23. The molecule has 5 heteroatoms. The Hall–Kier alpha value is -3.73. The molecule has 5 nitrogen and oxygen atoms in total. The van der Waals surface area contributed by atoms with Crippen molar-refractivity contribution in [1.82, 2.24) is 0 Å². The fourth-order valence-electron chi connectivity index (χ4n) is 4.88. The number of esters is 1. The molecule has 0 spiro atoms. The van der Waals surface area contributed by atoms with Crippen LogP contribution in [0.15, 0.2) is 78.0 Å². The molecule has 0 fully saturated rings. The highest BCUT2D eigenvalue weighted by molar-refractivity contribution is 5.87. The Kier molecular flexibility index (Phi) is 8.32. The average molecular weight is 487 g/mol. The minimum atomic E-state index is -0.191. The van der Waals surface area contributed by atoms with Crippen molar-refractivity contribution in [1.29, 1.82) is 0 Å². The lowest BCUT2D eigenvalue weighted by Crippen LogP contribution is -2.19. The van der Waals surface area contributed by atoms with Crippen LogP contribution in [0.25, 0.3) is 11.0 Å². The van der Waals surface area contributed by atoms with Crippen LogP contribution in [0, 0.1) is 0 Å². The minimum Gasteiger partial charge on any atom is -0.493 e. The lowest BCUT2D eigenvalue weighted by molar-refractivity contribution is -0.142. The molecule has 3 aromatic rings. The second kappa shape index (κ2) is 11.8. The van der Waals surface area contributed by atoms with E-state index in [0.29, 0.717) is 18.8 Å². The van der Waals surface area contributed by atoms with E-state index < -0.39 is 0 Å². The molecule has 4 rings (SSSR count). The maximum Gasteiger partial charge on any atom is 0.313 e. The lowest BCUT2D eigenvalue weighted by atomic mass is 9.81. The van der Waals surface area contributed by atoms with Crippen molar-refractivity contribution in [3.8, 4) is 11.5 Å². The monoisotopic (exact) mass is 486 g/mol. The van der Waals surface area contributed by atoms with Crippen molar-refractivity contribution in [2.24, 2.45) is 0 Å². The first-order valence-corrected chi connectivity index (χ1v) is 12.6. The van der Waals surface area contributed by atoms with Crippen molar-refractivity contribution >= 4 is 16.9 Å². The summed E-state index contributed by atoms with van der Waals surface area (Å²) in [5, 5.41) is 1.09. The van der Waals surface area contributed by atoms with E-state index in [1.807, 2.05) is 30.3 Å². The first kappa shape index (κ1) is 25.4. The van der Waals surface area contributed by atoms with Gasteiger partial charge < -0.3 is 18.6 Å². The van der Waals surface area contributed by atoms with E-state index in [1.54, 1.807) is 18.2 Å². The van der Waals surface area contributed by atoms with Gasteiger partial charge >= 0.3 is 5.97 Å². The molecule has 1 unspecified atom stereocenters. The third-order valence-electron chi connectivity index (χ3n) is 6.56. The zero-order valence-electron chi connectivity index (χ0n) is 21.2. The number of carbonyl (C=O) groups is 1. The van der Waals surface area contributed by atoms with Gasteiger partial charge in [0.25, 0.3) is 0 Å². The van der Waals surface area contributed by atoms with Crippen molar-refractivity contribution in [2.75, 3.05) is 13.7 Å². The van der Waals surface area contributed by atoms with Crippen molar-refractivity contribution < 1.29 is 23.4 Å². The zero-order valence-corrected chi connectivity index (χ0v) is 21.2. The Labute approximate surface area is 213 Å². The fraction of sp³-hybridized carbons (Fsp3) is 0.323. The zero-order chi connectivity index (χ0) is 25.5. The molecule has 1 aromatic heterocycles. The van der Waals surface area contributed by atoms with Crippen molar-refractivity contribution in [2.45, 2.75) is 51.4 Å². The molecule has 0 radical (unpaired) electrons. The smallest absolute Gasteiger partial charge is 0.313 e. The lowest BCUT2D eigenvalue weighted by Gasteiger charge is -2.23. The number of ether oxygens (including phenoxy) is 3. The van der Waals surface area contributed by atoms with E-state index in [2.05, 4.69) is 26.1 Å². The molecule has 1 aliphatic carbocycles. The summed E-state index contributed by atoms with van der Waals surface area (Å²) in [6.45, 7) is 10.1. The van der Waals surface area contributed by atoms with E-state index in [4.69, 9.17) is 18.6 Å². The maximum atomic E-state index is 12.3. The quantitative estimate of drug-likeness (QED) is 0.162. The molecule has 1 heterocycles. The average Bonchev–Trinajstić information content (AvgIpc) is 3.32. The molecule has 0 saturated carbocycles. The highest BCUT2D eigenvalue weighted by atomic mass is 16.5. The summed E-state index contributed by atoms with van der Waals surface area (Å²) in [6, 6.07) is 12.0. The van der Waals surface area contributed by atoms with Gasteiger partial charge in [0, 0.05) is 11.8 Å². The molecule has 0 amide bonds. The topological polar surface area (TPSA) is 57.9 Å². The molecule has 0 bridgehead atoms. The molecule has 0 N–H and O–H groups in total. The molecular weight excluding hydrogens is 452 g/mol. The highest BCUT2D eigenvalue weighted by Gasteiger charge is 2.29. The van der Waals surface area contributed by atoms with Crippen LogP contribution in [-0.4, -0.2) is 19.7 Å². The summed E-state index contributed by atoms with van der Waals surface area (Å²) < 4.78 is 23.2. The number of furan rings is 1. The normalized spacial score (nSPS) is 15.3. The van der Waals surface area contributed by atoms with Gasteiger partial charge in [0.15, 0.2) is 0 Å². The molecule has 0 aliphatic heterocycles. The van der Waals surface area contributed by atoms with E-state index >= 15 is 0 Å². The van der Waals surface area contributed by atoms with Gasteiger partial charge in [-0.15, -0.1) is 0 Å². The summed E-state index contributed by atoms with van der Waals surface area (Å²) >= 11 is 0. The molecule has 188 valence electrons. The number of hydrogen-bond donors (Lipinski definition) is 0. The van der Waals surface area contributed by atoms with Crippen LogP contribution in [0.3, 0.4) is 0 Å². The van der Waals surface area contributed by atoms with Crippen LogP contribution in [0.5, 0.6) is 11.5 Å². The number of carbonyl (C=O) groups excluding carboxylic acids is 1. The maximum absolute atomic E-state index is 12.3. The Morgan fingerprint density at radius 2 is 2.03 bits per heavy atom. The highest BCUT2D eigenvalue weighted by Crippen LogP contribution is 2.38. The number of benzene rings is 2. The molecule has 36 heavy (non-hydrogen) atoms. The minimum absolute atomic E-state index is 0.163. The van der Waals surface area contributed by atoms with Crippen LogP contribution >= 0.6 is 0 Å². The summed E-state index contributed by atoms with van der Waals surface area (Å²) in [4.78, 5) is 12.3. The number of fused-ring (bicyclic) bond motifs is 3. The number of hydrogen-bond acceptors (Lipinski definition) is 5. The molecule has 0 saturated heterocycles. The van der Waals surface area contributed by atoms with Gasteiger partial charge in [-0.3, -0.25) is 4.79 Å². The SMILES string of the molecule is C=C/C=C(\C=C)Oc1ccc(OCCc2cc3c4c(ccc3o2)C(C(=O)OC)CCC4)c(CCC)c1. The Morgan fingerprint density at radius 1 is 1.17 bits per heavy atom. The molecular formula is C31H34O5. The van der Waals surface area contributed by atoms with Gasteiger partial charge in [-0.05, 0) is 84.9 Å². The number of methoxy groups -OCH3 is 1. The molecule has 1 aliphatic rings. The molecule has 1 atom stereocenters. The summed E-state index contributed by atoms with van der Waals surface area (Å²) in [5.74, 6) is 2.76. The first-order chi connectivity index (χ1) is 17.6. The summed E-state index contributed by atoms with van der Waals surface area (Å²) in [7, 11) is 1.45. The van der Waals surface area contributed by atoms with Crippen LogP contribution in [0.4, 0.5) is 0 Å². The van der Waals surface area contributed by atoms with Crippen LogP contribution in [-0.2, 0) is 28.8 Å². The predicted octanol–water partition coefficient (Wildman–Crippen LogP) is 7.23. The van der Waals surface area contributed by atoms with E-state index in [9.17, 15) is 4.79 Å². The largest absolute Gasteiger partial charge is 0.493 e. The Bertz CT molecular complexity index is 1280. The van der Waals surface area contributed by atoms with Crippen LogP contribution in [0.2, 0.25) is 0 Å². The van der Waals surface area contributed by atoms with E-state index in [-0.39, 0.29) is 11.9 Å². The van der Waals surface area contributed by atoms with Crippen LogP contribution < -0.4 is 9.47 Å². The second-order valence-electron chi connectivity index (χ2n) is 8.95. The standard InChI is InChI=1S/C31H34O5/c1-5-9-21-19-23(35-22(7-3)10-6-2)13-15-29(21)34-18-17-24-20-28-25-11-8-12-27(31(32)33-4)26(25)14-16-30(28)36-24/h6-7,10,13-16,19-20,27H,2-3,5,8-9,11-12,17-18H2,1,4H3/b22-10+. The first-order valence-electron chi connectivity index (χ1n) is 12.6. The van der Waals surface area contributed by atoms with Gasteiger partial charge in [-0.2, -0.15) is 0 Å². The second-order valence-corrected chi connectivity index (χ2v) is 8.95. The van der Waals surface area contributed by atoms with Gasteiger partial charge in [0.05, 0.1) is 19.6 Å². The van der Waals surface area contributed by atoms with E-state index in [1.165, 1.54) is 12.7 Å². The predicted molar refractivity (Wildman–Crippen MR) is 143 cm³/mol. The van der Waals surface area contributed by atoms with Gasteiger partial charge in [0.2, 0.25) is 0 Å².